The third-order valence-corrected chi connectivity index (χ3v) is 4.06. The van der Waals surface area contributed by atoms with Crippen molar-refractivity contribution in [2.24, 2.45) is 0 Å². The molecule has 0 fully saturated rings. The summed E-state index contributed by atoms with van der Waals surface area (Å²) in [6.07, 6.45) is 5.37. The number of rotatable bonds is 2. The molecule has 0 spiro atoms. The lowest BCUT2D eigenvalue weighted by Crippen LogP contribution is -2.41. The van der Waals surface area contributed by atoms with Crippen LogP contribution in [0.2, 0.25) is 0 Å². The van der Waals surface area contributed by atoms with Crippen LogP contribution in [0.25, 0.3) is 10.1 Å². The predicted octanol–water partition coefficient (Wildman–Crippen LogP) is 2.93. The van der Waals surface area contributed by atoms with Gasteiger partial charge in [-0.05, 0) is 32.9 Å². The van der Waals surface area contributed by atoms with Crippen molar-refractivity contribution in [3.63, 3.8) is 0 Å². The van der Waals surface area contributed by atoms with Gasteiger partial charge in [-0.1, -0.05) is 17.6 Å². The van der Waals surface area contributed by atoms with Crippen LogP contribution in [0.3, 0.4) is 0 Å². The van der Waals surface area contributed by atoms with Gasteiger partial charge in [-0.15, -0.1) is 17.8 Å². The minimum Gasteiger partial charge on any atom is -0.397 e. The molecule has 0 unspecified atom stereocenters. The van der Waals surface area contributed by atoms with Crippen molar-refractivity contribution in [2.75, 3.05) is 5.73 Å². The molecule has 3 N–H and O–H groups in total. The second-order valence-electron chi connectivity index (χ2n) is 5.07. The molecular weight excluding hydrogens is 256 g/mol. The summed E-state index contributed by atoms with van der Waals surface area (Å²) in [6, 6.07) is 5.98. The van der Waals surface area contributed by atoms with Crippen LogP contribution in [-0.2, 0) is 0 Å². The molecule has 0 atom stereocenters. The van der Waals surface area contributed by atoms with E-state index in [-0.39, 0.29) is 5.91 Å². The standard InChI is InChI=1S/C15H16N2OS/c1-5-15(3,4)17-14(18)13-12(16)10-8-9(2)6-7-11(10)19-13/h1,6-8H,16H2,2-4H3,(H,17,18). The number of carbonyl (C=O) groups is 1. The Hall–Kier alpha value is -1.99. The average molecular weight is 272 g/mol. The molecule has 98 valence electrons. The van der Waals surface area contributed by atoms with Crippen LogP contribution in [0, 0.1) is 19.3 Å². The zero-order chi connectivity index (χ0) is 14.2. The molecule has 19 heavy (non-hydrogen) atoms. The molecule has 0 saturated carbocycles. The Morgan fingerprint density at radius 3 is 2.79 bits per heavy atom. The van der Waals surface area contributed by atoms with Gasteiger partial charge in [0.05, 0.1) is 11.2 Å². The topological polar surface area (TPSA) is 55.1 Å². The van der Waals surface area contributed by atoms with Crippen molar-refractivity contribution in [1.82, 2.24) is 5.32 Å². The summed E-state index contributed by atoms with van der Waals surface area (Å²) in [5, 5.41) is 3.72. The third-order valence-electron chi connectivity index (χ3n) is 2.87. The Morgan fingerprint density at radius 1 is 1.47 bits per heavy atom. The fraction of sp³-hybridized carbons (Fsp3) is 0.267. The van der Waals surface area contributed by atoms with Crippen molar-refractivity contribution in [3.8, 4) is 12.3 Å². The number of fused-ring (bicyclic) bond motifs is 1. The number of hydrogen-bond donors (Lipinski definition) is 2. The Labute approximate surface area is 116 Å². The van der Waals surface area contributed by atoms with E-state index in [4.69, 9.17) is 12.2 Å². The highest BCUT2D eigenvalue weighted by molar-refractivity contribution is 7.21. The monoisotopic (exact) mass is 272 g/mol. The van der Waals surface area contributed by atoms with E-state index in [9.17, 15) is 4.79 Å². The summed E-state index contributed by atoms with van der Waals surface area (Å²) < 4.78 is 1.01. The maximum atomic E-state index is 12.2. The van der Waals surface area contributed by atoms with E-state index in [0.717, 1.165) is 15.6 Å². The fourth-order valence-corrected chi connectivity index (χ4v) is 2.77. The summed E-state index contributed by atoms with van der Waals surface area (Å²) in [4.78, 5) is 12.7. The van der Waals surface area contributed by atoms with Gasteiger partial charge in [0.2, 0.25) is 0 Å². The number of nitrogens with two attached hydrogens (primary N) is 1. The number of aryl methyl sites for hydroxylation is 1. The molecule has 1 heterocycles. The van der Waals surface area contributed by atoms with E-state index < -0.39 is 5.54 Å². The van der Waals surface area contributed by atoms with Gasteiger partial charge < -0.3 is 11.1 Å². The first-order valence-corrected chi connectivity index (χ1v) is 6.74. The predicted molar refractivity (Wildman–Crippen MR) is 81.4 cm³/mol. The summed E-state index contributed by atoms with van der Waals surface area (Å²) in [7, 11) is 0. The number of anilines is 1. The molecule has 4 heteroatoms. The lowest BCUT2D eigenvalue weighted by molar-refractivity contribution is 0.0935. The van der Waals surface area contributed by atoms with Crippen molar-refractivity contribution >= 4 is 33.0 Å². The van der Waals surface area contributed by atoms with Crippen molar-refractivity contribution in [2.45, 2.75) is 26.3 Å². The molecule has 0 bridgehead atoms. The van der Waals surface area contributed by atoms with Crippen LogP contribution in [-0.4, -0.2) is 11.4 Å². The van der Waals surface area contributed by atoms with Gasteiger partial charge in [0, 0.05) is 10.1 Å². The van der Waals surface area contributed by atoms with Gasteiger partial charge in [0.25, 0.3) is 5.91 Å². The second kappa shape index (κ2) is 4.60. The Balaban J connectivity index is 2.44. The van der Waals surface area contributed by atoms with E-state index >= 15 is 0 Å². The molecular formula is C15H16N2OS. The van der Waals surface area contributed by atoms with Gasteiger partial charge in [-0.3, -0.25) is 4.79 Å². The first kappa shape index (κ1) is 13.4. The van der Waals surface area contributed by atoms with Gasteiger partial charge in [0.15, 0.2) is 0 Å². The molecule has 1 aromatic carbocycles. The van der Waals surface area contributed by atoms with Gasteiger partial charge in [-0.2, -0.15) is 0 Å². The zero-order valence-corrected chi connectivity index (χ0v) is 12.0. The van der Waals surface area contributed by atoms with Crippen LogP contribution in [0.1, 0.15) is 29.1 Å². The van der Waals surface area contributed by atoms with E-state index in [1.54, 1.807) is 13.8 Å². The molecule has 0 aliphatic heterocycles. The number of terminal acetylenes is 1. The summed E-state index contributed by atoms with van der Waals surface area (Å²) in [5.74, 6) is 2.31. The minimum absolute atomic E-state index is 0.223. The van der Waals surface area contributed by atoms with Gasteiger partial charge in [0.1, 0.15) is 4.88 Å². The molecule has 0 saturated heterocycles. The van der Waals surface area contributed by atoms with E-state index in [2.05, 4.69) is 11.2 Å². The molecule has 3 nitrogen and oxygen atoms in total. The summed E-state index contributed by atoms with van der Waals surface area (Å²) >= 11 is 1.39. The maximum absolute atomic E-state index is 12.2. The normalized spacial score (nSPS) is 11.3. The molecule has 2 rings (SSSR count). The van der Waals surface area contributed by atoms with Gasteiger partial charge >= 0.3 is 0 Å². The molecule has 0 radical (unpaired) electrons. The van der Waals surface area contributed by atoms with Crippen molar-refractivity contribution in [3.05, 3.63) is 28.6 Å². The largest absolute Gasteiger partial charge is 0.397 e. The number of carbonyl (C=O) groups excluding carboxylic acids is 1. The van der Waals surface area contributed by atoms with Crippen LogP contribution < -0.4 is 11.1 Å². The highest BCUT2D eigenvalue weighted by atomic mass is 32.1. The number of nitrogen functional groups attached to an aromatic ring is 1. The van der Waals surface area contributed by atoms with E-state index in [0.29, 0.717) is 10.6 Å². The summed E-state index contributed by atoms with van der Waals surface area (Å²) in [5.41, 5.74) is 7.02. The van der Waals surface area contributed by atoms with Crippen LogP contribution >= 0.6 is 11.3 Å². The number of amides is 1. The van der Waals surface area contributed by atoms with E-state index in [1.807, 2.05) is 25.1 Å². The van der Waals surface area contributed by atoms with E-state index in [1.165, 1.54) is 11.3 Å². The third kappa shape index (κ3) is 2.56. The molecule has 2 aromatic rings. The van der Waals surface area contributed by atoms with Crippen LogP contribution in [0.15, 0.2) is 18.2 Å². The van der Waals surface area contributed by atoms with Gasteiger partial charge in [-0.25, -0.2) is 0 Å². The maximum Gasteiger partial charge on any atom is 0.264 e. The summed E-state index contributed by atoms with van der Waals surface area (Å²) in [6.45, 7) is 5.55. The lowest BCUT2D eigenvalue weighted by atomic mass is 10.1. The first-order valence-electron chi connectivity index (χ1n) is 5.93. The number of thiophene rings is 1. The number of nitrogens with one attached hydrogen (secondary N) is 1. The second-order valence-corrected chi connectivity index (χ2v) is 6.12. The fourth-order valence-electron chi connectivity index (χ4n) is 1.78. The Bertz CT molecular complexity index is 692. The SMILES string of the molecule is C#CC(C)(C)NC(=O)c1sc2ccc(C)cc2c1N. The first-order chi connectivity index (χ1) is 8.84. The van der Waals surface area contributed by atoms with Crippen molar-refractivity contribution in [1.29, 1.82) is 0 Å². The Kier molecular flexibility index (Phi) is 3.25. The highest BCUT2D eigenvalue weighted by Gasteiger charge is 2.22. The average Bonchev–Trinajstić information content (AvgIpc) is 2.66. The smallest absolute Gasteiger partial charge is 0.264 e. The molecule has 0 aliphatic rings. The zero-order valence-electron chi connectivity index (χ0n) is 11.2. The molecule has 0 aliphatic carbocycles. The molecule has 1 aromatic heterocycles. The van der Waals surface area contributed by atoms with Crippen LogP contribution in [0.4, 0.5) is 5.69 Å². The minimum atomic E-state index is -0.685. The molecule has 1 amide bonds. The van der Waals surface area contributed by atoms with Crippen molar-refractivity contribution < 1.29 is 4.79 Å². The van der Waals surface area contributed by atoms with Crippen LogP contribution in [0.5, 0.6) is 0 Å². The number of hydrogen-bond acceptors (Lipinski definition) is 3. The Morgan fingerprint density at radius 2 is 2.16 bits per heavy atom. The number of benzene rings is 1. The lowest BCUT2D eigenvalue weighted by Gasteiger charge is -2.19. The highest BCUT2D eigenvalue weighted by Crippen LogP contribution is 2.34. The quantitative estimate of drug-likeness (QED) is 0.826.